The number of carboxylic acids is 1. The van der Waals surface area contributed by atoms with E-state index in [1.807, 2.05) is 12.1 Å². The molecule has 0 radical (unpaired) electrons. The van der Waals surface area contributed by atoms with Crippen molar-refractivity contribution in [3.63, 3.8) is 0 Å². The first kappa shape index (κ1) is 15.6. The Hall–Kier alpha value is -3.28. The van der Waals surface area contributed by atoms with E-state index in [9.17, 15) is 9.90 Å². The van der Waals surface area contributed by atoms with E-state index in [0.717, 1.165) is 11.1 Å². The van der Waals surface area contributed by atoms with Crippen LogP contribution in [0.4, 0.5) is 0 Å². The summed E-state index contributed by atoms with van der Waals surface area (Å²) in [6, 6.07) is 13.7. The maximum atomic E-state index is 11.1. The van der Waals surface area contributed by atoms with Crippen LogP contribution in [0.2, 0.25) is 0 Å². The second kappa shape index (κ2) is 6.45. The molecule has 0 atom stereocenters. The number of aromatic nitrogens is 1. The first-order chi connectivity index (χ1) is 11.6. The van der Waals surface area contributed by atoms with Crippen molar-refractivity contribution in [1.82, 2.24) is 5.16 Å². The van der Waals surface area contributed by atoms with Gasteiger partial charge in [-0.1, -0.05) is 17.3 Å². The van der Waals surface area contributed by atoms with Gasteiger partial charge in [-0.2, -0.15) is 0 Å². The number of ether oxygens (including phenoxy) is 1. The van der Waals surface area contributed by atoms with Crippen LogP contribution < -0.4 is 4.74 Å². The lowest BCUT2D eigenvalue weighted by Crippen LogP contribution is -2.00. The molecule has 0 saturated carbocycles. The van der Waals surface area contributed by atoms with Crippen LogP contribution in [0.1, 0.15) is 5.76 Å². The number of hydrogen-bond donors (Lipinski definition) is 2. The fourth-order valence-corrected chi connectivity index (χ4v) is 2.45. The molecule has 0 bridgehead atoms. The van der Waals surface area contributed by atoms with Crippen LogP contribution in [0, 0.1) is 0 Å². The molecule has 3 aromatic rings. The number of phenolic OH excluding ortho intramolecular Hbond substituents is 1. The molecule has 0 aliphatic rings. The minimum absolute atomic E-state index is 0.138. The average molecular weight is 325 g/mol. The van der Waals surface area contributed by atoms with Crippen molar-refractivity contribution in [2.24, 2.45) is 0 Å². The number of phenols is 1. The minimum atomic E-state index is -1.00. The SMILES string of the molecule is COc1ccc(-c2c(-c3ccc(O)cc3)noc2CC(=O)O)cc1. The molecule has 0 aliphatic carbocycles. The van der Waals surface area contributed by atoms with Gasteiger partial charge in [0, 0.05) is 5.56 Å². The maximum absolute atomic E-state index is 11.1. The molecule has 0 unspecified atom stereocenters. The molecule has 2 aromatic carbocycles. The zero-order valence-corrected chi connectivity index (χ0v) is 12.9. The normalized spacial score (nSPS) is 10.5. The number of hydrogen-bond acceptors (Lipinski definition) is 5. The number of aromatic hydroxyl groups is 1. The highest BCUT2D eigenvalue weighted by Gasteiger charge is 2.21. The molecule has 122 valence electrons. The summed E-state index contributed by atoms with van der Waals surface area (Å²) in [6.07, 6.45) is -0.271. The third-order valence-corrected chi connectivity index (χ3v) is 3.59. The molecule has 0 aliphatic heterocycles. The summed E-state index contributed by atoms with van der Waals surface area (Å²) < 4.78 is 10.4. The summed E-state index contributed by atoms with van der Waals surface area (Å²) in [5.41, 5.74) is 2.64. The first-order valence-corrected chi connectivity index (χ1v) is 7.22. The fraction of sp³-hybridized carbons (Fsp3) is 0.111. The number of nitrogens with zero attached hydrogens (tertiary/aromatic N) is 1. The Bertz CT molecular complexity index is 850. The summed E-state index contributed by atoms with van der Waals surface area (Å²) in [7, 11) is 1.58. The van der Waals surface area contributed by atoms with Crippen molar-refractivity contribution in [3.05, 3.63) is 54.3 Å². The number of carboxylic acid groups (broad SMARTS) is 1. The van der Waals surface area contributed by atoms with E-state index in [1.54, 1.807) is 43.5 Å². The third-order valence-electron chi connectivity index (χ3n) is 3.59. The number of carbonyl (C=O) groups is 1. The van der Waals surface area contributed by atoms with Crippen molar-refractivity contribution >= 4 is 5.97 Å². The lowest BCUT2D eigenvalue weighted by atomic mass is 9.98. The average Bonchev–Trinajstić information content (AvgIpc) is 2.98. The summed E-state index contributed by atoms with van der Waals surface area (Å²) >= 11 is 0. The third kappa shape index (κ3) is 3.08. The molecule has 24 heavy (non-hydrogen) atoms. The van der Waals surface area contributed by atoms with Crippen LogP contribution in [0.25, 0.3) is 22.4 Å². The van der Waals surface area contributed by atoms with Crippen LogP contribution in [0.5, 0.6) is 11.5 Å². The van der Waals surface area contributed by atoms with E-state index >= 15 is 0 Å². The zero-order valence-electron chi connectivity index (χ0n) is 12.9. The highest BCUT2D eigenvalue weighted by Crippen LogP contribution is 2.36. The van der Waals surface area contributed by atoms with Gasteiger partial charge in [-0.15, -0.1) is 0 Å². The molecule has 0 spiro atoms. The van der Waals surface area contributed by atoms with Gasteiger partial charge in [-0.25, -0.2) is 0 Å². The topological polar surface area (TPSA) is 92.8 Å². The van der Waals surface area contributed by atoms with E-state index in [-0.39, 0.29) is 17.9 Å². The zero-order chi connectivity index (χ0) is 17.1. The lowest BCUT2D eigenvalue weighted by Gasteiger charge is -2.06. The highest BCUT2D eigenvalue weighted by atomic mass is 16.5. The number of aliphatic carboxylic acids is 1. The van der Waals surface area contributed by atoms with Crippen molar-refractivity contribution in [2.75, 3.05) is 7.11 Å². The van der Waals surface area contributed by atoms with Crippen molar-refractivity contribution < 1.29 is 24.3 Å². The standard InChI is InChI=1S/C18H15NO5/c1-23-14-8-4-11(5-9-14)17-15(10-16(21)22)24-19-18(17)12-2-6-13(20)7-3-12/h2-9,20H,10H2,1H3,(H,21,22). The molecular formula is C18H15NO5. The second-order valence-corrected chi connectivity index (χ2v) is 5.18. The van der Waals surface area contributed by atoms with Crippen molar-refractivity contribution in [2.45, 2.75) is 6.42 Å². The molecule has 1 heterocycles. The van der Waals surface area contributed by atoms with Gasteiger partial charge in [0.05, 0.1) is 12.7 Å². The van der Waals surface area contributed by atoms with E-state index in [2.05, 4.69) is 5.16 Å². The monoisotopic (exact) mass is 325 g/mol. The Morgan fingerprint density at radius 2 is 1.71 bits per heavy atom. The van der Waals surface area contributed by atoms with E-state index in [0.29, 0.717) is 17.0 Å². The van der Waals surface area contributed by atoms with Crippen molar-refractivity contribution in [3.8, 4) is 33.9 Å². The van der Waals surface area contributed by atoms with Crippen LogP contribution >= 0.6 is 0 Å². The van der Waals surface area contributed by atoms with Crippen LogP contribution in [-0.4, -0.2) is 28.4 Å². The quantitative estimate of drug-likeness (QED) is 0.747. The summed E-state index contributed by atoms with van der Waals surface area (Å²) in [4.78, 5) is 11.1. The van der Waals surface area contributed by atoms with Gasteiger partial charge in [0.15, 0.2) is 5.76 Å². The molecule has 0 fully saturated rings. The van der Waals surface area contributed by atoms with E-state index < -0.39 is 5.97 Å². The minimum Gasteiger partial charge on any atom is -0.508 e. The smallest absolute Gasteiger partial charge is 0.311 e. The van der Waals surface area contributed by atoms with Gasteiger partial charge in [0.2, 0.25) is 0 Å². The van der Waals surface area contributed by atoms with Crippen molar-refractivity contribution in [1.29, 1.82) is 0 Å². The summed E-state index contributed by atoms with van der Waals surface area (Å²) in [6.45, 7) is 0. The predicted octanol–water partition coefficient (Wildman–Crippen LogP) is 3.35. The summed E-state index contributed by atoms with van der Waals surface area (Å²) in [5.74, 6) is 0.106. The van der Waals surface area contributed by atoms with Crippen LogP contribution in [0.3, 0.4) is 0 Å². The number of rotatable bonds is 5. The Kier molecular flexibility index (Phi) is 4.20. The maximum Gasteiger partial charge on any atom is 0.311 e. The molecule has 0 amide bonds. The predicted molar refractivity (Wildman–Crippen MR) is 86.9 cm³/mol. The number of methoxy groups -OCH3 is 1. The molecule has 0 saturated heterocycles. The van der Waals surface area contributed by atoms with Gasteiger partial charge in [0.25, 0.3) is 0 Å². The second-order valence-electron chi connectivity index (χ2n) is 5.18. The molecule has 6 heteroatoms. The molecule has 1 aromatic heterocycles. The van der Waals surface area contributed by atoms with Crippen LogP contribution in [-0.2, 0) is 11.2 Å². The van der Waals surface area contributed by atoms with E-state index in [1.165, 1.54) is 0 Å². The van der Waals surface area contributed by atoms with Gasteiger partial charge < -0.3 is 19.5 Å². The Morgan fingerprint density at radius 1 is 1.08 bits per heavy atom. The largest absolute Gasteiger partial charge is 0.508 e. The summed E-state index contributed by atoms with van der Waals surface area (Å²) in [5, 5.41) is 22.6. The molecule has 6 nitrogen and oxygen atoms in total. The molecule has 2 N–H and O–H groups in total. The first-order valence-electron chi connectivity index (χ1n) is 7.22. The van der Waals surface area contributed by atoms with Gasteiger partial charge >= 0.3 is 5.97 Å². The van der Waals surface area contributed by atoms with E-state index in [4.69, 9.17) is 14.4 Å². The lowest BCUT2D eigenvalue weighted by molar-refractivity contribution is -0.136. The van der Waals surface area contributed by atoms with Gasteiger partial charge in [-0.05, 0) is 42.0 Å². The fourth-order valence-electron chi connectivity index (χ4n) is 2.45. The Labute approximate surface area is 137 Å². The van der Waals surface area contributed by atoms with Gasteiger partial charge in [-0.3, -0.25) is 4.79 Å². The number of benzene rings is 2. The highest BCUT2D eigenvalue weighted by molar-refractivity contribution is 5.84. The Balaban J connectivity index is 2.13. The van der Waals surface area contributed by atoms with Gasteiger partial charge in [0.1, 0.15) is 23.6 Å². The molecular weight excluding hydrogens is 310 g/mol. The molecule has 3 rings (SSSR count). The Morgan fingerprint density at radius 3 is 2.29 bits per heavy atom. The van der Waals surface area contributed by atoms with Crippen LogP contribution in [0.15, 0.2) is 53.1 Å².